The predicted molar refractivity (Wildman–Crippen MR) is 123 cm³/mol. The molecule has 0 aliphatic rings. The SMILES string of the molecule is COc1cc(Br)c(C(OC(=O)c2ccccc2)c2nccc3ccccc23)cc1OC. The van der Waals surface area contributed by atoms with Crippen LogP contribution in [0, 0.1) is 0 Å². The van der Waals surface area contributed by atoms with Crippen LogP contribution >= 0.6 is 15.9 Å². The molecule has 156 valence electrons. The van der Waals surface area contributed by atoms with E-state index >= 15 is 0 Å². The van der Waals surface area contributed by atoms with Gasteiger partial charge in [-0.15, -0.1) is 0 Å². The normalized spacial score (nSPS) is 11.7. The second-order valence-electron chi connectivity index (χ2n) is 6.80. The van der Waals surface area contributed by atoms with Crippen LogP contribution in [0.4, 0.5) is 0 Å². The van der Waals surface area contributed by atoms with Gasteiger partial charge in [0, 0.05) is 21.6 Å². The Morgan fingerprint density at radius 3 is 2.32 bits per heavy atom. The maximum absolute atomic E-state index is 13.0. The molecule has 0 aliphatic heterocycles. The average molecular weight is 478 g/mol. The molecule has 3 aromatic carbocycles. The topological polar surface area (TPSA) is 57.7 Å². The van der Waals surface area contributed by atoms with E-state index < -0.39 is 12.1 Å². The molecule has 0 amide bonds. The Hall–Kier alpha value is -3.38. The molecule has 0 saturated carbocycles. The van der Waals surface area contributed by atoms with Crippen molar-refractivity contribution in [2.24, 2.45) is 0 Å². The first-order valence-electron chi connectivity index (χ1n) is 9.63. The highest BCUT2D eigenvalue weighted by molar-refractivity contribution is 9.10. The van der Waals surface area contributed by atoms with Crippen molar-refractivity contribution in [2.75, 3.05) is 14.2 Å². The zero-order valence-electron chi connectivity index (χ0n) is 17.0. The molecule has 4 rings (SSSR count). The van der Waals surface area contributed by atoms with Gasteiger partial charge in [0.1, 0.15) is 0 Å². The first kappa shape index (κ1) is 20.9. The molecular formula is C25H20BrNO4. The number of rotatable bonds is 6. The number of hydrogen-bond acceptors (Lipinski definition) is 5. The van der Waals surface area contributed by atoms with E-state index in [4.69, 9.17) is 14.2 Å². The van der Waals surface area contributed by atoms with E-state index in [1.54, 1.807) is 56.8 Å². The van der Waals surface area contributed by atoms with Crippen LogP contribution < -0.4 is 9.47 Å². The lowest BCUT2D eigenvalue weighted by Crippen LogP contribution is -2.15. The number of carbonyl (C=O) groups excluding carboxylic acids is 1. The van der Waals surface area contributed by atoms with Gasteiger partial charge in [0.25, 0.3) is 0 Å². The molecule has 0 saturated heterocycles. The van der Waals surface area contributed by atoms with Gasteiger partial charge >= 0.3 is 5.97 Å². The molecule has 1 heterocycles. The maximum atomic E-state index is 13.0. The van der Waals surface area contributed by atoms with Gasteiger partial charge in [-0.25, -0.2) is 4.79 Å². The van der Waals surface area contributed by atoms with Crippen molar-refractivity contribution in [3.63, 3.8) is 0 Å². The lowest BCUT2D eigenvalue weighted by atomic mass is 10.00. The lowest BCUT2D eigenvalue weighted by Gasteiger charge is -2.22. The van der Waals surface area contributed by atoms with Crippen molar-refractivity contribution < 1.29 is 19.0 Å². The highest BCUT2D eigenvalue weighted by Gasteiger charge is 2.27. The van der Waals surface area contributed by atoms with Crippen LogP contribution in [0.25, 0.3) is 10.8 Å². The molecule has 31 heavy (non-hydrogen) atoms. The largest absolute Gasteiger partial charge is 0.493 e. The Labute approximate surface area is 188 Å². The van der Waals surface area contributed by atoms with Crippen LogP contribution in [0.5, 0.6) is 11.5 Å². The molecule has 1 atom stereocenters. The molecule has 5 nitrogen and oxygen atoms in total. The van der Waals surface area contributed by atoms with Crippen LogP contribution in [0.1, 0.15) is 27.7 Å². The van der Waals surface area contributed by atoms with Crippen molar-refractivity contribution >= 4 is 32.7 Å². The third-order valence-corrected chi connectivity index (χ3v) is 5.66. The molecular weight excluding hydrogens is 458 g/mol. The third-order valence-electron chi connectivity index (χ3n) is 4.97. The number of benzene rings is 3. The van der Waals surface area contributed by atoms with Gasteiger partial charge in [0.05, 0.1) is 25.5 Å². The Morgan fingerprint density at radius 1 is 0.903 bits per heavy atom. The van der Waals surface area contributed by atoms with Crippen molar-refractivity contribution in [1.29, 1.82) is 0 Å². The quantitative estimate of drug-likeness (QED) is 0.320. The van der Waals surface area contributed by atoms with Gasteiger partial charge in [-0.1, -0.05) is 58.4 Å². The highest BCUT2D eigenvalue weighted by Crippen LogP contribution is 2.40. The van der Waals surface area contributed by atoms with Crippen molar-refractivity contribution in [2.45, 2.75) is 6.10 Å². The zero-order chi connectivity index (χ0) is 21.8. The number of nitrogens with zero attached hydrogens (tertiary/aromatic N) is 1. The average Bonchev–Trinajstić information content (AvgIpc) is 2.82. The number of carbonyl (C=O) groups is 1. The number of ether oxygens (including phenoxy) is 3. The molecule has 0 N–H and O–H groups in total. The van der Waals surface area contributed by atoms with Crippen molar-refractivity contribution in [3.05, 3.63) is 100 Å². The fourth-order valence-electron chi connectivity index (χ4n) is 3.44. The Morgan fingerprint density at radius 2 is 1.58 bits per heavy atom. The number of hydrogen-bond donors (Lipinski definition) is 0. The van der Waals surface area contributed by atoms with Gasteiger partial charge in [-0.3, -0.25) is 4.98 Å². The van der Waals surface area contributed by atoms with Crippen LogP contribution in [-0.2, 0) is 4.74 Å². The summed E-state index contributed by atoms with van der Waals surface area (Å²) >= 11 is 3.60. The number of halogens is 1. The molecule has 0 fully saturated rings. The number of pyridine rings is 1. The second kappa shape index (κ2) is 9.18. The molecule has 4 aromatic rings. The van der Waals surface area contributed by atoms with Gasteiger partial charge in [-0.05, 0) is 35.7 Å². The first-order chi connectivity index (χ1) is 15.1. The summed E-state index contributed by atoms with van der Waals surface area (Å²) < 4.78 is 17.6. The van der Waals surface area contributed by atoms with Gasteiger partial charge in [0.15, 0.2) is 17.6 Å². The van der Waals surface area contributed by atoms with E-state index in [-0.39, 0.29) is 0 Å². The van der Waals surface area contributed by atoms with Crippen molar-refractivity contribution in [1.82, 2.24) is 4.98 Å². The molecule has 0 aliphatic carbocycles. The lowest BCUT2D eigenvalue weighted by molar-refractivity contribution is 0.0372. The molecule has 1 aromatic heterocycles. The van der Waals surface area contributed by atoms with E-state index in [9.17, 15) is 4.79 Å². The molecule has 0 radical (unpaired) electrons. The molecule has 0 spiro atoms. The van der Waals surface area contributed by atoms with Gasteiger partial charge in [-0.2, -0.15) is 0 Å². The van der Waals surface area contributed by atoms with E-state index in [2.05, 4.69) is 20.9 Å². The third kappa shape index (κ3) is 4.25. The fraction of sp³-hybridized carbons (Fsp3) is 0.120. The minimum atomic E-state index is -0.770. The summed E-state index contributed by atoms with van der Waals surface area (Å²) in [4.78, 5) is 17.6. The highest BCUT2D eigenvalue weighted by atomic mass is 79.9. The summed E-state index contributed by atoms with van der Waals surface area (Å²) in [5.74, 6) is 0.654. The summed E-state index contributed by atoms with van der Waals surface area (Å²) in [5.41, 5.74) is 1.80. The Kier molecular flexibility index (Phi) is 6.18. The summed E-state index contributed by atoms with van der Waals surface area (Å²) in [6.45, 7) is 0. The predicted octanol–water partition coefficient (Wildman–Crippen LogP) is 5.96. The molecule has 6 heteroatoms. The standard InChI is InChI=1S/C25H20BrNO4/c1-29-21-14-19(20(26)15-22(21)30-2)24(31-25(28)17-9-4-3-5-10-17)23-18-11-7-6-8-16(18)12-13-27-23/h3-15,24H,1-2H3. The van der Waals surface area contributed by atoms with E-state index in [1.165, 1.54) is 0 Å². The van der Waals surface area contributed by atoms with Crippen LogP contribution in [0.2, 0.25) is 0 Å². The summed E-state index contributed by atoms with van der Waals surface area (Å²) in [7, 11) is 3.14. The minimum Gasteiger partial charge on any atom is -0.493 e. The summed E-state index contributed by atoms with van der Waals surface area (Å²) in [6, 6.07) is 22.3. The summed E-state index contributed by atoms with van der Waals surface area (Å²) in [6.07, 6.45) is 0.948. The smallest absolute Gasteiger partial charge is 0.339 e. The second-order valence-corrected chi connectivity index (χ2v) is 7.65. The van der Waals surface area contributed by atoms with E-state index in [0.29, 0.717) is 32.8 Å². The Bertz CT molecular complexity index is 1220. The van der Waals surface area contributed by atoms with Crippen molar-refractivity contribution in [3.8, 4) is 11.5 Å². The zero-order valence-corrected chi connectivity index (χ0v) is 18.6. The number of methoxy groups -OCH3 is 2. The summed E-state index contributed by atoms with van der Waals surface area (Å²) in [5, 5.41) is 1.91. The van der Waals surface area contributed by atoms with Crippen LogP contribution in [0.3, 0.4) is 0 Å². The molecule has 1 unspecified atom stereocenters. The maximum Gasteiger partial charge on any atom is 0.339 e. The van der Waals surface area contributed by atoms with Gasteiger partial charge in [0.2, 0.25) is 0 Å². The van der Waals surface area contributed by atoms with Gasteiger partial charge < -0.3 is 14.2 Å². The number of fused-ring (bicyclic) bond motifs is 1. The molecule has 0 bridgehead atoms. The first-order valence-corrected chi connectivity index (χ1v) is 10.4. The van der Waals surface area contributed by atoms with Crippen LogP contribution in [-0.4, -0.2) is 25.2 Å². The Balaban J connectivity index is 1.88. The minimum absolute atomic E-state index is 0.443. The van der Waals surface area contributed by atoms with E-state index in [0.717, 1.165) is 10.8 Å². The van der Waals surface area contributed by atoms with Crippen LogP contribution in [0.15, 0.2) is 83.5 Å². The fourth-order valence-corrected chi connectivity index (χ4v) is 3.97. The number of esters is 1. The van der Waals surface area contributed by atoms with E-state index in [1.807, 2.05) is 36.4 Å². The number of aromatic nitrogens is 1. The monoisotopic (exact) mass is 477 g/mol.